The summed E-state index contributed by atoms with van der Waals surface area (Å²) in [5, 5.41) is 10.7. The van der Waals surface area contributed by atoms with Crippen molar-refractivity contribution >= 4 is 23.0 Å². The van der Waals surface area contributed by atoms with Crippen molar-refractivity contribution in [1.29, 1.82) is 0 Å². The van der Waals surface area contributed by atoms with Crippen molar-refractivity contribution in [3.8, 4) is 0 Å². The Morgan fingerprint density at radius 1 is 1.06 bits per heavy atom. The summed E-state index contributed by atoms with van der Waals surface area (Å²) in [5.41, 5.74) is 2.25. The highest BCUT2D eigenvalue weighted by Gasteiger charge is 2.28. The molecule has 2 aromatic carbocycles. The minimum Gasteiger partial charge on any atom is -0.444 e. The molecule has 33 heavy (non-hydrogen) atoms. The molecular formula is C24H26N6O3. The Morgan fingerprint density at radius 3 is 2.55 bits per heavy atom. The molecule has 0 bridgehead atoms. The Labute approximate surface area is 191 Å². The van der Waals surface area contributed by atoms with Gasteiger partial charge in [0, 0.05) is 19.2 Å². The van der Waals surface area contributed by atoms with Crippen LogP contribution in [0.5, 0.6) is 0 Å². The second kappa shape index (κ2) is 9.23. The summed E-state index contributed by atoms with van der Waals surface area (Å²) in [6.07, 6.45) is 3.06. The minimum absolute atomic E-state index is 0.175. The SMILES string of the molecule is CC(C)(C)OC(=O)N[C@@H](Cc1cn(Cc2ccccc2)cn1)C(=O)n1nnc2ccccc21. The first-order chi connectivity index (χ1) is 15.8. The van der Waals surface area contributed by atoms with Crippen LogP contribution in [0.25, 0.3) is 11.0 Å². The molecule has 0 aliphatic rings. The maximum Gasteiger partial charge on any atom is 0.408 e. The van der Waals surface area contributed by atoms with Gasteiger partial charge in [0.1, 0.15) is 17.2 Å². The average Bonchev–Trinajstić information content (AvgIpc) is 3.39. The molecule has 170 valence electrons. The van der Waals surface area contributed by atoms with Gasteiger partial charge in [-0.15, -0.1) is 5.10 Å². The van der Waals surface area contributed by atoms with Crippen molar-refractivity contribution in [2.24, 2.45) is 0 Å². The van der Waals surface area contributed by atoms with E-state index in [2.05, 4.69) is 20.6 Å². The Morgan fingerprint density at radius 2 is 1.79 bits per heavy atom. The van der Waals surface area contributed by atoms with Crippen molar-refractivity contribution in [2.45, 2.75) is 45.4 Å². The third-order valence-corrected chi connectivity index (χ3v) is 4.86. The van der Waals surface area contributed by atoms with E-state index < -0.39 is 23.6 Å². The van der Waals surface area contributed by atoms with Crippen LogP contribution in [0.3, 0.4) is 0 Å². The standard InChI is InChI=1S/C24H26N6O3/c1-24(2,3)33-23(32)26-20(22(31)30-21-12-8-7-11-19(21)27-28-30)13-18-15-29(16-25-18)14-17-9-5-4-6-10-17/h4-12,15-16,20H,13-14H2,1-3H3,(H,26,32)/t20-/m0/s1. The fourth-order valence-corrected chi connectivity index (χ4v) is 3.43. The van der Waals surface area contributed by atoms with Gasteiger partial charge < -0.3 is 14.6 Å². The number of alkyl carbamates (subject to hydrolysis) is 1. The monoisotopic (exact) mass is 446 g/mol. The Bertz CT molecular complexity index is 1260. The third-order valence-electron chi connectivity index (χ3n) is 4.86. The normalized spacial score (nSPS) is 12.5. The van der Waals surface area contributed by atoms with Crippen molar-refractivity contribution < 1.29 is 14.3 Å². The number of imidazole rings is 1. The number of amides is 1. The highest BCUT2D eigenvalue weighted by Crippen LogP contribution is 2.13. The Balaban J connectivity index is 1.56. The van der Waals surface area contributed by atoms with Crippen LogP contribution in [0.1, 0.15) is 36.8 Å². The number of nitrogens with one attached hydrogen (secondary N) is 1. The summed E-state index contributed by atoms with van der Waals surface area (Å²) in [5.74, 6) is -0.424. The largest absolute Gasteiger partial charge is 0.444 e. The second-order valence-electron chi connectivity index (χ2n) is 8.75. The van der Waals surface area contributed by atoms with Crippen LogP contribution in [-0.2, 0) is 17.7 Å². The Hall–Kier alpha value is -4.01. The molecule has 1 atom stereocenters. The average molecular weight is 447 g/mol. The first kappa shape index (κ1) is 22.2. The third kappa shape index (κ3) is 5.62. The van der Waals surface area contributed by atoms with Crippen molar-refractivity contribution in [1.82, 2.24) is 29.9 Å². The zero-order valence-electron chi connectivity index (χ0n) is 18.8. The molecule has 0 aliphatic carbocycles. The van der Waals surface area contributed by atoms with Crippen LogP contribution >= 0.6 is 0 Å². The lowest BCUT2D eigenvalue weighted by atomic mass is 10.1. The maximum atomic E-state index is 13.4. The van der Waals surface area contributed by atoms with Crippen molar-refractivity contribution in [3.63, 3.8) is 0 Å². The lowest BCUT2D eigenvalue weighted by Crippen LogP contribution is -2.46. The minimum atomic E-state index is -0.940. The molecule has 0 saturated carbocycles. The topological polar surface area (TPSA) is 104 Å². The number of nitrogens with zero attached hydrogens (tertiary/aromatic N) is 5. The summed E-state index contributed by atoms with van der Waals surface area (Å²) in [4.78, 5) is 30.3. The second-order valence-corrected chi connectivity index (χ2v) is 8.75. The Kier molecular flexibility index (Phi) is 6.21. The van der Waals surface area contributed by atoms with Gasteiger partial charge in [-0.05, 0) is 38.5 Å². The first-order valence-electron chi connectivity index (χ1n) is 10.7. The van der Waals surface area contributed by atoms with E-state index in [1.165, 1.54) is 4.68 Å². The molecule has 0 spiro atoms. The van der Waals surface area contributed by atoms with E-state index in [0.717, 1.165) is 5.56 Å². The lowest BCUT2D eigenvalue weighted by molar-refractivity contribution is 0.0480. The summed E-state index contributed by atoms with van der Waals surface area (Å²) in [6, 6.07) is 16.2. The van der Waals surface area contributed by atoms with Gasteiger partial charge in [0.05, 0.1) is 17.5 Å². The molecule has 2 heterocycles. The molecule has 0 radical (unpaired) electrons. The van der Waals surface area contributed by atoms with Crippen molar-refractivity contribution in [2.75, 3.05) is 0 Å². The van der Waals surface area contributed by atoms with Crippen LogP contribution in [0, 0.1) is 0 Å². The summed E-state index contributed by atoms with van der Waals surface area (Å²) < 4.78 is 8.51. The number of rotatable bonds is 6. The fourth-order valence-electron chi connectivity index (χ4n) is 3.43. The number of benzene rings is 2. The van der Waals surface area contributed by atoms with Crippen LogP contribution in [0.15, 0.2) is 67.1 Å². The van der Waals surface area contributed by atoms with E-state index in [0.29, 0.717) is 23.3 Å². The fraction of sp³-hybridized carbons (Fsp3) is 0.292. The molecule has 4 aromatic rings. The van der Waals surface area contributed by atoms with Gasteiger partial charge in [0.15, 0.2) is 0 Å². The van der Waals surface area contributed by atoms with Gasteiger partial charge in [0.25, 0.3) is 5.91 Å². The number of hydrogen-bond acceptors (Lipinski definition) is 6. The summed E-state index contributed by atoms with van der Waals surface area (Å²) >= 11 is 0. The number of ether oxygens (including phenoxy) is 1. The predicted octanol–water partition coefficient (Wildman–Crippen LogP) is 3.45. The number of carbonyl (C=O) groups is 2. The summed E-state index contributed by atoms with van der Waals surface area (Å²) in [7, 11) is 0. The van der Waals surface area contributed by atoms with E-state index in [4.69, 9.17) is 4.74 Å². The number of aromatic nitrogens is 5. The van der Waals surface area contributed by atoms with Crippen LogP contribution in [0.2, 0.25) is 0 Å². The van der Waals surface area contributed by atoms with Gasteiger partial charge in [-0.25, -0.2) is 9.78 Å². The molecular weight excluding hydrogens is 420 g/mol. The summed E-state index contributed by atoms with van der Waals surface area (Å²) in [6.45, 7) is 5.94. The van der Waals surface area contributed by atoms with Gasteiger partial charge in [0.2, 0.25) is 0 Å². The molecule has 0 aliphatic heterocycles. The predicted molar refractivity (Wildman–Crippen MR) is 123 cm³/mol. The number of carbonyl (C=O) groups excluding carboxylic acids is 2. The van der Waals surface area contributed by atoms with E-state index in [-0.39, 0.29) is 6.42 Å². The first-order valence-corrected chi connectivity index (χ1v) is 10.7. The smallest absolute Gasteiger partial charge is 0.408 e. The van der Waals surface area contributed by atoms with E-state index in [1.54, 1.807) is 45.3 Å². The van der Waals surface area contributed by atoms with Crippen LogP contribution in [0.4, 0.5) is 4.79 Å². The van der Waals surface area contributed by atoms with Crippen molar-refractivity contribution in [3.05, 3.63) is 78.4 Å². The van der Waals surface area contributed by atoms with Crippen LogP contribution < -0.4 is 5.32 Å². The zero-order chi connectivity index (χ0) is 23.4. The molecule has 0 unspecified atom stereocenters. The molecule has 4 rings (SSSR count). The van der Waals surface area contributed by atoms with Gasteiger partial charge in [-0.1, -0.05) is 47.7 Å². The van der Waals surface area contributed by atoms with E-state index in [1.807, 2.05) is 47.2 Å². The number of para-hydroxylation sites is 1. The highest BCUT2D eigenvalue weighted by atomic mass is 16.6. The quantitative estimate of drug-likeness (QED) is 0.487. The van der Waals surface area contributed by atoms with Gasteiger partial charge >= 0.3 is 6.09 Å². The molecule has 0 saturated heterocycles. The van der Waals surface area contributed by atoms with Crippen LogP contribution in [-0.4, -0.2) is 48.2 Å². The number of hydrogen-bond donors (Lipinski definition) is 1. The molecule has 2 aromatic heterocycles. The highest BCUT2D eigenvalue weighted by molar-refractivity contribution is 5.93. The van der Waals surface area contributed by atoms with Gasteiger partial charge in [-0.2, -0.15) is 4.68 Å². The van der Waals surface area contributed by atoms with E-state index >= 15 is 0 Å². The molecule has 9 nitrogen and oxygen atoms in total. The van der Waals surface area contributed by atoms with E-state index in [9.17, 15) is 9.59 Å². The molecule has 1 amide bonds. The lowest BCUT2D eigenvalue weighted by Gasteiger charge is -2.22. The molecule has 9 heteroatoms. The zero-order valence-corrected chi connectivity index (χ0v) is 18.8. The van der Waals surface area contributed by atoms with Gasteiger partial charge in [-0.3, -0.25) is 4.79 Å². The molecule has 1 N–H and O–H groups in total. The molecule has 0 fully saturated rings. The maximum absolute atomic E-state index is 13.4. The number of fused-ring (bicyclic) bond motifs is 1.